The van der Waals surface area contributed by atoms with E-state index in [9.17, 15) is 0 Å². The van der Waals surface area contributed by atoms with Crippen LogP contribution in [0.4, 0.5) is 5.13 Å². The number of aliphatic hydroxyl groups is 1. The van der Waals surface area contributed by atoms with Gasteiger partial charge in [0.25, 0.3) is 0 Å². The fourth-order valence-electron chi connectivity index (χ4n) is 0.889. The van der Waals surface area contributed by atoms with Crippen LogP contribution in [0.2, 0.25) is 0 Å². The Bertz CT molecular complexity index is 245. The molecular formula is C8H14N2OS. The summed E-state index contributed by atoms with van der Waals surface area (Å²) in [4.78, 5) is 7.30. The van der Waals surface area contributed by atoms with Crippen LogP contribution in [0.1, 0.15) is 11.8 Å². The SMILES string of the molecule is CC(O)Cc1cnc(N(C)C)s1. The first-order valence-corrected chi connectivity index (χ1v) is 4.71. The summed E-state index contributed by atoms with van der Waals surface area (Å²) >= 11 is 1.62. The fraction of sp³-hybridized carbons (Fsp3) is 0.625. The van der Waals surface area contributed by atoms with Gasteiger partial charge in [-0.15, -0.1) is 11.3 Å². The van der Waals surface area contributed by atoms with E-state index in [1.165, 1.54) is 0 Å². The molecular weight excluding hydrogens is 172 g/mol. The molecule has 0 aliphatic rings. The fourth-order valence-corrected chi connectivity index (χ4v) is 1.84. The minimum atomic E-state index is -0.277. The first-order valence-electron chi connectivity index (χ1n) is 3.89. The summed E-state index contributed by atoms with van der Waals surface area (Å²) in [6.07, 6.45) is 2.25. The van der Waals surface area contributed by atoms with Crippen LogP contribution in [0.15, 0.2) is 6.20 Å². The highest BCUT2D eigenvalue weighted by atomic mass is 32.1. The smallest absolute Gasteiger partial charge is 0.184 e. The Morgan fingerprint density at radius 3 is 2.75 bits per heavy atom. The van der Waals surface area contributed by atoms with Crippen LogP contribution < -0.4 is 4.90 Å². The average Bonchev–Trinajstić information content (AvgIpc) is 2.34. The quantitative estimate of drug-likeness (QED) is 0.769. The second-order valence-electron chi connectivity index (χ2n) is 3.06. The van der Waals surface area contributed by atoms with Crippen molar-refractivity contribution in [1.29, 1.82) is 0 Å². The summed E-state index contributed by atoms with van der Waals surface area (Å²) in [7, 11) is 3.93. The number of aliphatic hydroxyl groups excluding tert-OH is 1. The maximum Gasteiger partial charge on any atom is 0.184 e. The molecule has 1 heterocycles. The molecule has 0 aliphatic heterocycles. The number of aromatic nitrogens is 1. The average molecular weight is 186 g/mol. The number of thiazole rings is 1. The molecule has 1 N–H and O–H groups in total. The van der Waals surface area contributed by atoms with Crippen molar-refractivity contribution in [3.8, 4) is 0 Å². The lowest BCUT2D eigenvalue weighted by molar-refractivity contribution is 0.196. The second-order valence-corrected chi connectivity index (χ2v) is 4.15. The van der Waals surface area contributed by atoms with Crippen LogP contribution in [0.3, 0.4) is 0 Å². The molecule has 12 heavy (non-hydrogen) atoms. The molecule has 0 radical (unpaired) electrons. The zero-order chi connectivity index (χ0) is 9.14. The van der Waals surface area contributed by atoms with Crippen molar-refractivity contribution in [2.24, 2.45) is 0 Å². The van der Waals surface area contributed by atoms with Gasteiger partial charge < -0.3 is 10.0 Å². The molecule has 0 saturated carbocycles. The molecule has 4 heteroatoms. The van der Waals surface area contributed by atoms with E-state index in [1.54, 1.807) is 18.3 Å². The van der Waals surface area contributed by atoms with Crippen molar-refractivity contribution in [3.63, 3.8) is 0 Å². The van der Waals surface area contributed by atoms with Gasteiger partial charge in [-0.1, -0.05) is 0 Å². The van der Waals surface area contributed by atoms with Crippen LogP contribution in [-0.2, 0) is 6.42 Å². The van der Waals surface area contributed by atoms with Gasteiger partial charge in [-0.3, -0.25) is 0 Å². The Balaban J connectivity index is 2.64. The molecule has 0 aromatic carbocycles. The van der Waals surface area contributed by atoms with E-state index in [2.05, 4.69) is 4.98 Å². The summed E-state index contributed by atoms with van der Waals surface area (Å²) in [5, 5.41) is 10.1. The highest BCUT2D eigenvalue weighted by Crippen LogP contribution is 2.21. The number of anilines is 1. The molecule has 1 aromatic heterocycles. The molecule has 1 atom stereocenters. The molecule has 1 aromatic rings. The summed E-state index contributed by atoms with van der Waals surface area (Å²) in [5.41, 5.74) is 0. The maximum atomic E-state index is 9.12. The number of rotatable bonds is 3. The molecule has 3 nitrogen and oxygen atoms in total. The Hall–Kier alpha value is -0.610. The van der Waals surface area contributed by atoms with Crippen molar-refractivity contribution in [2.75, 3.05) is 19.0 Å². The van der Waals surface area contributed by atoms with Crippen molar-refractivity contribution >= 4 is 16.5 Å². The van der Waals surface area contributed by atoms with Crippen molar-refractivity contribution in [1.82, 2.24) is 4.98 Å². The van der Waals surface area contributed by atoms with E-state index < -0.39 is 0 Å². The van der Waals surface area contributed by atoms with Crippen LogP contribution in [-0.4, -0.2) is 30.3 Å². The Morgan fingerprint density at radius 2 is 2.33 bits per heavy atom. The zero-order valence-corrected chi connectivity index (χ0v) is 8.43. The number of hydrogen-bond donors (Lipinski definition) is 1. The van der Waals surface area contributed by atoms with Gasteiger partial charge >= 0.3 is 0 Å². The highest BCUT2D eigenvalue weighted by molar-refractivity contribution is 7.15. The molecule has 0 aliphatic carbocycles. The van der Waals surface area contributed by atoms with E-state index in [4.69, 9.17) is 5.11 Å². The van der Waals surface area contributed by atoms with Gasteiger partial charge in [0.05, 0.1) is 6.10 Å². The van der Waals surface area contributed by atoms with E-state index in [0.717, 1.165) is 10.0 Å². The number of hydrogen-bond acceptors (Lipinski definition) is 4. The second kappa shape index (κ2) is 3.87. The van der Waals surface area contributed by atoms with Gasteiger partial charge in [-0.25, -0.2) is 4.98 Å². The van der Waals surface area contributed by atoms with Gasteiger partial charge in [0.1, 0.15) is 0 Å². The topological polar surface area (TPSA) is 36.4 Å². The molecule has 1 unspecified atom stereocenters. The zero-order valence-electron chi connectivity index (χ0n) is 7.61. The minimum absolute atomic E-state index is 0.277. The van der Waals surface area contributed by atoms with Gasteiger partial charge in [-0.05, 0) is 6.92 Å². The van der Waals surface area contributed by atoms with Crippen molar-refractivity contribution in [2.45, 2.75) is 19.4 Å². The monoisotopic (exact) mass is 186 g/mol. The van der Waals surface area contributed by atoms with Gasteiger partial charge in [0.2, 0.25) is 0 Å². The lowest BCUT2D eigenvalue weighted by atomic mass is 10.3. The Morgan fingerprint density at radius 1 is 1.67 bits per heavy atom. The van der Waals surface area contributed by atoms with E-state index in [1.807, 2.05) is 25.2 Å². The minimum Gasteiger partial charge on any atom is -0.393 e. The lowest BCUT2D eigenvalue weighted by Gasteiger charge is -2.05. The predicted octanol–water partition coefficient (Wildman–Crippen LogP) is 1.13. The Kier molecular flexibility index (Phi) is 3.05. The molecule has 0 bridgehead atoms. The normalized spacial score (nSPS) is 13.0. The Labute approximate surface area is 76.7 Å². The summed E-state index contributed by atoms with van der Waals surface area (Å²) in [6.45, 7) is 1.79. The van der Waals surface area contributed by atoms with Gasteiger partial charge in [0, 0.05) is 31.6 Å². The van der Waals surface area contributed by atoms with Crippen LogP contribution in [0.5, 0.6) is 0 Å². The van der Waals surface area contributed by atoms with E-state index in [0.29, 0.717) is 6.42 Å². The molecule has 0 amide bonds. The van der Waals surface area contributed by atoms with E-state index in [-0.39, 0.29) is 6.10 Å². The molecule has 0 saturated heterocycles. The molecule has 0 spiro atoms. The third kappa shape index (κ3) is 2.46. The maximum absolute atomic E-state index is 9.12. The van der Waals surface area contributed by atoms with Gasteiger partial charge in [-0.2, -0.15) is 0 Å². The largest absolute Gasteiger partial charge is 0.393 e. The van der Waals surface area contributed by atoms with E-state index >= 15 is 0 Å². The van der Waals surface area contributed by atoms with Gasteiger partial charge in [0.15, 0.2) is 5.13 Å². The third-order valence-corrected chi connectivity index (χ3v) is 2.61. The van der Waals surface area contributed by atoms with Crippen LogP contribution >= 0.6 is 11.3 Å². The standard InChI is InChI=1S/C8H14N2OS/c1-6(11)4-7-5-9-8(12-7)10(2)3/h5-6,11H,4H2,1-3H3. The predicted molar refractivity (Wildman–Crippen MR) is 51.8 cm³/mol. The van der Waals surface area contributed by atoms with Crippen molar-refractivity contribution in [3.05, 3.63) is 11.1 Å². The summed E-state index contributed by atoms with van der Waals surface area (Å²) in [6, 6.07) is 0. The number of nitrogens with zero attached hydrogens (tertiary/aromatic N) is 2. The first-order chi connectivity index (χ1) is 5.59. The van der Waals surface area contributed by atoms with Crippen molar-refractivity contribution < 1.29 is 5.11 Å². The molecule has 1 rings (SSSR count). The summed E-state index contributed by atoms with van der Waals surface area (Å²) in [5.74, 6) is 0. The third-order valence-electron chi connectivity index (χ3n) is 1.42. The van der Waals surface area contributed by atoms with Crippen LogP contribution in [0, 0.1) is 0 Å². The summed E-state index contributed by atoms with van der Waals surface area (Å²) < 4.78 is 0. The van der Waals surface area contributed by atoms with Crippen LogP contribution in [0.25, 0.3) is 0 Å². The highest BCUT2D eigenvalue weighted by Gasteiger charge is 2.05. The molecule has 68 valence electrons. The molecule has 0 fully saturated rings. The first kappa shape index (κ1) is 9.48. The lowest BCUT2D eigenvalue weighted by Crippen LogP contribution is -2.07.